The predicted octanol–water partition coefficient (Wildman–Crippen LogP) is 3.33. The minimum atomic E-state index is 0. The molecule has 1 unspecified atom stereocenters. The Balaban J connectivity index is 0.00000280. The highest BCUT2D eigenvalue weighted by Gasteiger charge is 2.42. The van der Waals surface area contributed by atoms with Gasteiger partial charge in [-0.2, -0.15) is 0 Å². The minimum absolute atomic E-state index is 0. The molecule has 0 amide bonds. The minimum Gasteiger partial charge on any atom is -0.493 e. The molecule has 28 heavy (non-hydrogen) atoms. The highest BCUT2D eigenvalue weighted by atomic mass is 127. The highest BCUT2D eigenvalue weighted by Crippen LogP contribution is 2.38. The number of benzene rings is 1. The van der Waals surface area contributed by atoms with Gasteiger partial charge in [0.15, 0.2) is 17.5 Å². The molecule has 1 spiro atoms. The fourth-order valence-corrected chi connectivity index (χ4v) is 4.02. The number of hydrogen-bond acceptors (Lipinski definition) is 4. The van der Waals surface area contributed by atoms with E-state index in [-0.39, 0.29) is 24.0 Å². The van der Waals surface area contributed by atoms with Gasteiger partial charge in [0.2, 0.25) is 0 Å². The van der Waals surface area contributed by atoms with Crippen LogP contribution in [0.4, 0.5) is 0 Å². The smallest absolute Gasteiger partial charge is 0.193 e. The molecule has 7 heteroatoms. The summed E-state index contributed by atoms with van der Waals surface area (Å²) in [6.45, 7) is 7.79. The second-order valence-corrected chi connectivity index (χ2v) is 7.50. The standard InChI is InChI=1S/C21H33N3O3.HI/c1-4-22-20(24-12-9-21(15-24)10-13-27-16-21)23-11-5-6-17-7-8-18(25-2)19(14-17)26-3;/h7-8,14H,4-6,9-13,15-16H2,1-3H3,(H,22,23);1H. The lowest BCUT2D eigenvalue weighted by atomic mass is 9.87. The van der Waals surface area contributed by atoms with Gasteiger partial charge in [-0.25, -0.2) is 0 Å². The Bertz CT molecular complexity index is 648. The van der Waals surface area contributed by atoms with Gasteiger partial charge in [0.25, 0.3) is 0 Å². The van der Waals surface area contributed by atoms with E-state index in [0.29, 0.717) is 5.41 Å². The SMILES string of the molecule is CCNC(=NCCCc1ccc(OC)c(OC)c1)N1CCC2(CCOC2)C1.I. The molecule has 1 aromatic rings. The van der Waals surface area contributed by atoms with Crippen molar-refractivity contribution in [2.45, 2.75) is 32.6 Å². The zero-order chi connectivity index (χ0) is 19.1. The van der Waals surface area contributed by atoms with E-state index in [0.717, 1.165) is 69.7 Å². The zero-order valence-corrected chi connectivity index (χ0v) is 19.7. The summed E-state index contributed by atoms with van der Waals surface area (Å²) < 4.78 is 16.3. The monoisotopic (exact) mass is 503 g/mol. The van der Waals surface area contributed by atoms with Crippen LogP contribution in [0.25, 0.3) is 0 Å². The van der Waals surface area contributed by atoms with Crippen LogP contribution < -0.4 is 14.8 Å². The van der Waals surface area contributed by atoms with Crippen LogP contribution in [0, 0.1) is 5.41 Å². The molecule has 2 aliphatic heterocycles. The Morgan fingerprint density at radius 1 is 1.25 bits per heavy atom. The molecule has 158 valence electrons. The third kappa shape index (κ3) is 5.65. The first-order chi connectivity index (χ1) is 13.2. The first kappa shape index (κ1) is 23.1. The van der Waals surface area contributed by atoms with Gasteiger partial charge >= 0.3 is 0 Å². The van der Waals surface area contributed by atoms with Gasteiger partial charge in [-0.3, -0.25) is 4.99 Å². The molecular weight excluding hydrogens is 469 g/mol. The fourth-order valence-electron chi connectivity index (χ4n) is 4.02. The van der Waals surface area contributed by atoms with Gasteiger partial charge in [0, 0.05) is 38.2 Å². The molecule has 1 N–H and O–H groups in total. The molecule has 2 saturated heterocycles. The number of likely N-dealkylation sites (tertiary alicyclic amines) is 1. The van der Waals surface area contributed by atoms with Crippen LogP contribution in [-0.2, 0) is 11.2 Å². The molecule has 1 atom stereocenters. The number of ether oxygens (including phenoxy) is 3. The Hall–Kier alpha value is -1.22. The lowest BCUT2D eigenvalue weighted by molar-refractivity contribution is 0.156. The Morgan fingerprint density at radius 2 is 2.07 bits per heavy atom. The van der Waals surface area contributed by atoms with Crippen LogP contribution in [-0.4, -0.2) is 64.5 Å². The number of methoxy groups -OCH3 is 2. The van der Waals surface area contributed by atoms with Crippen molar-refractivity contribution in [3.05, 3.63) is 23.8 Å². The van der Waals surface area contributed by atoms with Crippen molar-refractivity contribution in [2.24, 2.45) is 10.4 Å². The van der Waals surface area contributed by atoms with E-state index in [9.17, 15) is 0 Å². The molecule has 0 bridgehead atoms. The highest BCUT2D eigenvalue weighted by molar-refractivity contribution is 14.0. The average molecular weight is 503 g/mol. The average Bonchev–Trinajstić information content (AvgIpc) is 3.34. The summed E-state index contributed by atoms with van der Waals surface area (Å²) in [7, 11) is 3.33. The normalized spacial score (nSPS) is 21.7. The van der Waals surface area contributed by atoms with Crippen molar-refractivity contribution >= 4 is 29.9 Å². The summed E-state index contributed by atoms with van der Waals surface area (Å²) >= 11 is 0. The molecule has 2 aliphatic rings. The van der Waals surface area contributed by atoms with E-state index in [1.54, 1.807) is 14.2 Å². The number of nitrogens with zero attached hydrogens (tertiary/aromatic N) is 2. The Kier molecular flexibility index (Phi) is 9.14. The summed E-state index contributed by atoms with van der Waals surface area (Å²) in [5.74, 6) is 2.61. The first-order valence-electron chi connectivity index (χ1n) is 10.0. The van der Waals surface area contributed by atoms with E-state index >= 15 is 0 Å². The summed E-state index contributed by atoms with van der Waals surface area (Å²) in [5.41, 5.74) is 1.60. The molecule has 0 aliphatic carbocycles. The number of hydrogen-bond donors (Lipinski definition) is 1. The molecule has 1 aromatic carbocycles. The maximum atomic E-state index is 5.65. The van der Waals surface area contributed by atoms with Crippen LogP contribution in [0.3, 0.4) is 0 Å². The zero-order valence-electron chi connectivity index (χ0n) is 17.3. The Morgan fingerprint density at radius 3 is 2.75 bits per heavy atom. The number of halogens is 1. The second-order valence-electron chi connectivity index (χ2n) is 7.50. The van der Waals surface area contributed by atoms with Crippen molar-refractivity contribution in [3.63, 3.8) is 0 Å². The third-order valence-corrected chi connectivity index (χ3v) is 5.59. The molecule has 0 saturated carbocycles. The van der Waals surface area contributed by atoms with Crippen LogP contribution in [0.2, 0.25) is 0 Å². The van der Waals surface area contributed by atoms with Gasteiger partial charge in [-0.15, -0.1) is 24.0 Å². The first-order valence-corrected chi connectivity index (χ1v) is 10.0. The largest absolute Gasteiger partial charge is 0.493 e. The lowest BCUT2D eigenvalue weighted by Crippen LogP contribution is -2.41. The van der Waals surface area contributed by atoms with Gasteiger partial charge in [-0.1, -0.05) is 6.07 Å². The van der Waals surface area contributed by atoms with Gasteiger partial charge in [0.1, 0.15) is 0 Å². The van der Waals surface area contributed by atoms with E-state index < -0.39 is 0 Å². The predicted molar refractivity (Wildman–Crippen MR) is 123 cm³/mol. The lowest BCUT2D eigenvalue weighted by Gasteiger charge is -2.25. The van der Waals surface area contributed by atoms with Crippen molar-refractivity contribution < 1.29 is 14.2 Å². The van der Waals surface area contributed by atoms with Crippen LogP contribution >= 0.6 is 24.0 Å². The number of rotatable bonds is 7. The van der Waals surface area contributed by atoms with Gasteiger partial charge < -0.3 is 24.4 Å². The summed E-state index contributed by atoms with van der Waals surface area (Å²) in [5, 5.41) is 3.46. The molecular formula is C21H34IN3O3. The van der Waals surface area contributed by atoms with Gasteiger partial charge in [0.05, 0.1) is 20.8 Å². The molecule has 2 fully saturated rings. The summed E-state index contributed by atoms with van der Waals surface area (Å²) in [4.78, 5) is 7.29. The van der Waals surface area contributed by atoms with Crippen molar-refractivity contribution in [3.8, 4) is 11.5 Å². The number of aryl methyl sites for hydroxylation is 1. The van der Waals surface area contributed by atoms with E-state index in [2.05, 4.69) is 29.3 Å². The number of aliphatic imine (C=N–C) groups is 1. The van der Waals surface area contributed by atoms with Gasteiger partial charge in [-0.05, 0) is 50.3 Å². The molecule has 6 nitrogen and oxygen atoms in total. The van der Waals surface area contributed by atoms with Crippen LogP contribution in [0.1, 0.15) is 31.7 Å². The van der Waals surface area contributed by atoms with E-state index in [4.69, 9.17) is 19.2 Å². The maximum Gasteiger partial charge on any atom is 0.193 e. The van der Waals surface area contributed by atoms with Crippen LogP contribution in [0.15, 0.2) is 23.2 Å². The quantitative estimate of drug-likeness (QED) is 0.268. The number of nitrogens with one attached hydrogen (secondary N) is 1. The Labute approximate surface area is 186 Å². The maximum absolute atomic E-state index is 5.65. The molecule has 0 radical (unpaired) electrons. The summed E-state index contributed by atoms with van der Waals surface area (Å²) in [6.07, 6.45) is 4.37. The van der Waals surface area contributed by atoms with Crippen molar-refractivity contribution in [2.75, 3.05) is 53.6 Å². The fraction of sp³-hybridized carbons (Fsp3) is 0.667. The van der Waals surface area contributed by atoms with Crippen molar-refractivity contribution in [1.82, 2.24) is 10.2 Å². The van der Waals surface area contributed by atoms with Crippen molar-refractivity contribution in [1.29, 1.82) is 0 Å². The topological polar surface area (TPSA) is 55.3 Å². The van der Waals surface area contributed by atoms with E-state index in [1.807, 2.05) is 6.07 Å². The van der Waals surface area contributed by atoms with E-state index in [1.165, 1.54) is 18.4 Å². The second kappa shape index (κ2) is 11.1. The molecule has 2 heterocycles. The molecule has 0 aromatic heterocycles. The number of guanidine groups is 1. The van der Waals surface area contributed by atoms with Crippen LogP contribution in [0.5, 0.6) is 11.5 Å². The summed E-state index contributed by atoms with van der Waals surface area (Å²) in [6, 6.07) is 6.12. The molecule has 3 rings (SSSR count). The third-order valence-electron chi connectivity index (χ3n) is 5.59.